The van der Waals surface area contributed by atoms with Crippen LogP contribution in [0.4, 0.5) is 5.69 Å². The van der Waals surface area contributed by atoms with E-state index in [2.05, 4.69) is 10.0 Å². The van der Waals surface area contributed by atoms with Crippen molar-refractivity contribution in [2.24, 2.45) is 0 Å². The molecular formula is C25H33N3O4S. The highest BCUT2D eigenvalue weighted by Crippen LogP contribution is 2.48. The summed E-state index contributed by atoms with van der Waals surface area (Å²) in [5, 5.41) is 3.41. The molecule has 1 amide bonds. The third kappa shape index (κ3) is 5.17. The summed E-state index contributed by atoms with van der Waals surface area (Å²) >= 11 is 0. The maximum Gasteiger partial charge on any atom is 0.253 e. The highest BCUT2D eigenvalue weighted by molar-refractivity contribution is 7.92. The van der Waals surface area contributed by atoms with Gasteiger partial charge < -0.3 is 15.0 Å². The number of fused-ring (bicyclic) bond motifs is 1. The molecule has 2 aromatic rings. The van der Waals surface area contributed by atoms with Gasteiger partial charge in [-0.25, -0.2) is 8.42 Å². The van der Waals surface area contributed by atoms with Gasteiger partial charge in [-0.05, 0) is 82.1 Å². The second kappa shape index (κ2) is 9.35. The number of piperidine rings is 1. The summed E-state index contributed by atoms with van der Waals surface area (Å²) in [6.45, 7) is 7.14. The maximum absolute atomic E-state index is 12.7. The monoisotopic (exact) mass is 471 g/mol. The van der Waals surface area contributed by atoms with E-state index in [9.17, 15) is 13.2 Å². The van der Waals surface area contributed by atoms with Crippen LogP contribution in [0, 0.1) is 0 Å². The van der Waals surface area contributed by atoms with Gasteiger partial charge in [-0.1, -0.05) is 12.1 Å². The summed E-state index contributed by atoms with van der Waals surface area (Å²) in [7, 11) is -3.38. The van der Waals surface area contributed by atoms with Crippen molar-refractivity contribution in [3.63, 3.8) is 0 Å². The van der Waals surface area contributed by atoms with Crippen LogP contribution in [-0.4, -0.2) is 57.3 Å². The molecule has 1 unspecified atom stereocenters. The van der Waals surface area contributed by atoms with Gasteiger partial charge in [0, 0.05) is 35.8 Å². The zero-order chi connectivity index (χ0) is 23.6. The number of nitrogens with one attached hydrogen (secondary N) is 2. The van der Waals surface area contributed by atoms with Crippen molar-refractivity contribution in [2.75, 3.05) is 37.2 Å². The smallest absolute Gasteiger partial charge is 0.253 e. The van der Waals surface area contributed by atoms with E-state index >= 15 is 0 Å². The lowest BCUT2D eigenvalue weighted by Gasteiger charge is -2.45. The Morgan fingerprint density at radius 3 is 2.39 bits per heavy atom. The number of benzene rings is 2. The molecule has 0 bridgehead atoms. The Kier molecular flexibility index (Phi) is 6.68. The number of sulfonamides is 1. The van der Waals surface area contributed by atoms with E-state index in [-0.39, 0.29) is 17.4 Å². The lowest BCUT2D eigenvalue weighted by molar-refractivity contribution is 0.0114. The Bertz CT molecular complexity index is 1100. The van der Waals surface area contributed by atoms with Crippen LogP contribution < -0.4 is 14.8 Å². The summed E-state index contributed by atoms with van der Waals surface area (Å²) in [4.78, 5) is 14.6. The fourth-order valence-corrected chi connectivity index (χ4v) is 5.54. The van der Waals surface area contributed by atoms with Crippen molar-refractivity contribution in [1.82, 2.24) is 10.2 Å². The number of anilines is 1. The quantitative estimate of drug-likeness (QED) is 0.673. The molecule has 2 heterocycles. The van der Waals surface area contributed by atoms with Gasteiger partial charge in [0.15, 0.2) is 0 Å². The predicted octanol–water partition coefficient (Wildman–Crippen LogP) is 3.58. The number of rotatable bonds is 6. The van der Waals surface area contributed by atoms with Crippen molar-refractivity contribution in [2.45, 2.75) is 44.6 Å². The Hall–Kier alpha value is -2.58. The van der Waals surface area contributed by atoms with Crippen molar-refractivity contribution < 1.29 is 17.9 Å². The standard InChI is InChI=1S/C25H33N3O4S/c1-4-28(5-2)24(29)19-8-6-18(7-9-19)22-17-25(12-14-26-15-13-25)32-23-11-10-20(16-21(22)23)27-33(3,30)31/h6-11,16,22,26-27H,4-5,12-15,17H2,1-3H3. The number of carbonyl (C=O) groups is 1. The largest absolute Gasteiger partial charge is 0.487 e. The lowest BCUT2D eigenvalue weighted by Crippen LogP contribution is -2.49. The molecule has 2 aliphatic heterocycles. The van der Waals surface area contributed by atoms with Crippen molar-refractivity contribution >= 4 is 21.6 Å². The van der Waals surface area contributed by atoms with Gasteiger partial charge >= 0.3 is 0 Å². The van der Waals surface area contributed by atoms with Crippen LogP contribution in [0.3, 0.4) is 0 Å². The molecular weight excluding hydrogens is 438 g/mol. The molecule has 1 fully saturated rings. The summed E-state index contributed by atoms with van der Waals surface area (Å²) < 4.78 is 32.7. The van der Waals surface area contributed by atoms with Crippen LogP contribution in [0.5, 0.6) is 5.75 Å². The van der Waals surface area contributed by atoms with E-state index in [4.69, 9.17) is 4.74 Å². The number of hydrogen-bond donors (Lipinski definition) is 2. The zero-order valence-corrected chi connectivity index (χ0v) is 20.4. The molecule has 1 atom stereocenters. The predicted molar refractivity (Wildman–Crippen MR) is 131 cm³/mol. The van der Waals surface area contributed by atoms with E-state index in [1.165, 1.54) is 0 Å². The average Bonchev–Trinajstić information content (AvgIpc) is 2.79. The molecule has 0 saturated carbocycles. The molecule has 33 heavy (non-hydrogen) atoms. The van der Waals surface area contributed by atoms with Gasteiger partial charge in [0.25, 0.3) is 5.91 Å². The number of nitrogens with zero attached hydrogens (tertiary/aromatic N) is 1. The SMILES string of the molecule is CCN(CC)C(=O)c1ccc(C2CC3(CCNCC3)Oc3ccc(NS(C)(=O)=O)cc32)cc1. The van der Waals surface area contributed by atoms with Crippen molar-refractivity contribution in [1.29, 1.82) is 0 Å². The highest BCUT2D eigenvalue weighted by atomic mass is 32.2. The minimum Gasteiger partial charge on any atom is -0.487 e. The van der Waals surface area contributed by atoms with Crippen molar-refractivity contribution in [3.05, 3.63) is 59.2 Å². The molecule has 2 aromatic carbocycles. The molecule has 7 nitrogen and oxygen atoms in total. The molecule has 8 heteroatoms. The van der Waals surface area contributed by atoms with Gasteiger partial charge in [-0.15, -0.1) is 0 Å². The minimum atomic E-state index is -3.38. The Morgan fingerprint density at radius 1 is 1.12 bits per heavy atom. The second-order valence-electron chi connectivity index (χ2n) is 9.02. The zero-order valence-electron chi connectivity index (χ0n) is 19.6. The fourth-order valence-electron chi connectivity index (χ4n) is 4.99. The summed E-state index contributed by atoms with van der Waals surface area (Å²) in [5.74, 6) is 0.884. The van der Waals surface area contributed by atoms with Crippen molar-refractivity contribution in [3.8, 4) is 5.75 Å². The van der Waals surface area contributed by atoms with E-state index in [0.717, 1.165) is 55.5 Å². The van der Waals surface area contributed by atoms with Crippen LogP contribution in [0.1, 0.15) is 60.5 Å². The van der Waals surface area contributed by atoms with Gasteiger partial charge in [-0.2, -0.15) is 0 Å². The minimum absolute atomic E-state index is 0.0355. The number of carbonyl (C=O) groups excluding carboxylic acids is 1. The van der Waals surface area contributed by atoms with Gasteiger partial charge in [0.2, 0.25) is 10.0 Å². The summed E-state index contributed by atoms with van der Waals surface area (Å²) in [6, 6.07) is 13.4. The summed E-state index contributed by atoms with van der Waals surface area (Å²) in [5.41, 5.74) is 3.03. The van der Waals surface area contributed by atoms with Crippen LogP contribution in [0.25, 0.3) is 0 Å². The third-order valence-electron chi connectivity index (χ3n) is 6.72. The number of amides is 1. The lowest BCUT2D eigenvalue weighted by atomic mass is 9.75. The van der Waals surface area contributed by atoms with Gasteiger partial charge in [0.1, 0.15) is 11.4 Å². The molecule has 1 saturated heterocycles. The van der Waals surface area contributed by atoms with Crippen LogP contribution in [-0.2, 0) is 10.0 Å². The number of ether oxygens (including phenoxy) is 1. The normalized spacial score (nSPS) is 19.4. The molecule has 2 N–H and O–H groups in total. The van der Waals surface area contributed by atoms with Crippen LogP contribution in [0.2, 0.25) is 0 Å². The van der Waals surface area contributed by atoms with E-state index < -0.39 is 10.0 Å². The molecule has 0 radical (unpaired) electrons. The summed E-state index contributed by atoms with van der Waals surface area (Å²) in [6.07, 6.45) is 3.80. The molecule has 4 rings (SSSR count). The molecule has 0 aromatic heterocycles. The molecule has 0 aliphatic carbocycles. The van der Waals surface area contributed by atoms with Crippen LogP contribution in [0.15, 0.2) is 42.5 Å². The first-order valence-electron chi connectivity index (χ1n) is 11.6. The molecule has 2 aliphatic rings. The number of hydrogen-bond acceptors (Lipinski definition) is 5. The van der Waals surface area contributed by atoms with Gasteiger partial charge in [-0.3, -0.25) is 9.52 Å². The fraction of sp³-hybridized carbons (Fsp3) is 0.480. The first kappa shape index (κ1) is 23.6. The Labute approximate surface area is 196 Å². The topological polar surface area (TPSA) is 87.7 Å². The van der Waals surface area contributed by atoms with Crippen LogP contribution >= 0.6 is 0 Å². The van der Waals surface area contributed by atoms with Gasteiger partial charge in [0.05, 0.1) is 6.26 Å². The Balaban J connectivity index is 1.71. The Morgan fingerprint density at radius 2 is 1.79 bits per heavy atom. The first-order valence-corrected chi connectivity index (χ1v) is 13.5. The maximum atomic E-state index is 12.7. The molecule has 178 valence electrons. The second-order valence-corrected chi connectivity index (χ2v) is 10.8. The van der Waals surface area contributed by atoms with E-state index in [1.54, 1.807) is 6.07 Å². The van der Waals surface area contributed by atoms with E-state index in [1.807, 2.05) is 55.1 Å². The van der Waals surface area contributed by atoms with E-state index in [0.29, 0.717) is 24.3 Å². The highest BCUT2D eigenvalue weighted by Gasteiger charge is 2.42. The average molecular weight is 472 g/mol. The molecule has 1 spiro atoms. The first-order chi connectivity index (χ1) is 15.7. The third-order valence-corrected chi connectivity index (χ3v) is 7.32.